The molecule has 310 valence electrons. The van der Waals surface area contributed by atoms with E-state index in [1.54, 1.807) is 0 Å². The number of nitrogens with one attached hydrogen (secondary N) is 1. The zero-order valence-corrected chi connectivity index (χ0v) is 36.2. The first-order valence-corrected chi connectivity index (χ1v) is 23.0. The number of benzene rings is 6. The van der Waals surface area contributed by atoms with Crippen molar-refractivity contribution in [2.24, 2.45) is 10.9 Å². The third-order valence-electron chi connectivity index (χ3n) is 14.0. The van der Waals surface area contributed by atoms with Crippen LogP contribution in [0.25, 0.3) is 45.1 Å². The average molecular weight is 827 g/mol. The molecule has 4 heteroatoms. The second-order valence-corrected chi connectivity index (χ2v) is 17.8. The molecule has 3 atom stereocenters. The fourth-order valence-corrected chi connectivity index (χ4v) is 10.8. The van der Waals surface area contributed by atoms with Gasteiger partial charge in [-0.2, -0.15) is 0 Å². The molecule has 5 aliphatic rings. The van der Waals surface area contributed by atoms with Crippen molar-refractivity contribution in [2.45, 2.75) is 51.0 Å². The molecule has 3 heterocycles. The highest BCUT2D eigenvalue weighted by Crippen LogP contribution is 2.49. The molecule has 0 radical (unpaired) electrons. The van der Waals surface area contributed by atoms with Crippen LogP contribution in [0, 0.1) is 5.92 Å². The van der Waals surface area contributed by atoms with Crippen LogP contribution >= 0.6 is 0 Å². The van der Waals surface area contributed by atoms with Crippen LogP contribution in [0.5, 0.6) is 0 Å². The molecule has 6 aromatic carbocycles. The number of amidine groups is 1. The predicted octanol–water partition coefficient (Wildman–Crippen LogP) is 14.5. The van der Waals surface area contributed by atoms with Crippen molar-refractivity contribution in [3.05, 3.63) is 239 Å². The van der Waals surface area contributed by atoms with Gasteiger partial charge < -0.3 is 14.8 Å². The Kier molecular flexibility index (Phi) is 9.59. The molecule has 3 aliphatic carbocycles. The van der Waals surface area contributed by atoms with E-state index in [9.17, 15) is 0 Å². The molecule has 3 unspecified atom stereocenters. The first-order valence-electron chi connectivity index (χ1n) is 23.0. The lowest BCUT2D eigenvalue weighted by atomic mass is 9.82. The van der Waals surface area contributed by atoms with Gasteiger partial charge in [0, 0.05) is 62.5 Å². The van der Waals surface area contributed by atoms with E-state index in [2.05, 4.69) is 222 Å². The van der Waals surface area contributed by atoms with Gasteiger partial charge in [-0.25, -0.2) is 0 Å². The van der Waals surface area contributed by atoms with Gasteiger partial charge in [0.1, 0.15) is 5.84 Å². The van der Waals surface area contributed by atoms with Crippen LogP contribution in [0.3, 0.4) is 0 Å². The van der Waals surface area contributed by atoms with Crippen molar-refractivity contribution in [1.29, 1.82) is 0 Å². The van der Waals surface area contributed by atoms with E-state index < -0.39 is 0 Å². The van der Waals surface area contributed by atoms with Crippen LogP contribution in [0.1, 0.15) is 72.0 Å². The molecule has 1 aromatic heterocycles. The normalized spacial score (nSPS) is 19.9. The number of anilines is 2. The first-order chi connectivity index (χ1) is 31.6. The summed E-state index contributed by atoms with van der Waals surface area (Å²) in [5.74, 6) is 1.56. The number of allylic oxidation sites excluding steroid dienone is 8. The smallest absolute Gasteiger partial charge is 0.133 e. The van der Waals surface area contributed by atoms with Crippen LogP contribution in [0.15, 0.2) is 210 Å². The van der Waals surface area contributed by atoms with Crippen LogP contribution in [-0.2, 0) is 6.42 Å². The highest BCUT2D eigenvalue weighted by molar-refractivity contribution is 6.05. The Labute approximate surface area is 376 Å². The Morgan fingerprint density at radius 3 is 2.16 bits per heavy atom. The number of aromatic nitrogens is 1. The summed E-state index contributed by atoms with van der Waals surface area (Å²) in [4.78, 5) is 7.77. The lowest BCUT2D eigenvalue weighted by molar-refractivity contribution is 0.576. The van der Waals surface area contributed by atoms with E-state index in [0.717, 1.165) is 49.2 Å². The molecule has 0 saturated heterocycles. The number of fused-ring (bicyclic) bond motifs is 6. The number of hydrogen-bond donors (Lipinski definition) is 1. The molecule has 1 N–H and O–H groups in total. The summed E-state index contributed by atoms with van der Waals surface area (Å²) in [6.07, 6.45) is 23.5. The fourth-order valence-electron chi connectivity index (χ4n) is 10.8. The quantitative estimate of drug-likeness (QED) is 0.162. The molecular formula is C60H50N4. The Hall–Kier alpha value is -7.43. The molecule has 7 aromatic rings. The maximum atomic E-state index is 5.25. The molecule has 2 aliphatic heterocycles. The van der Waals surface area contributed by atoms with Crippen molar-refractivity contribution in [1.82, 2.24) is 9.88 Å². The molecule has 0 spiro atoms. The summed E-state index contributed by atoms with van der Waals surface area (Å²) in [5.41, 5.74) is 20.5. The summed E-state index contributed by atoms with van der Waals surface area (Å²) in [6, 6.07) is 55.8. The topological polar surface area (TPSA) is 32.6 Å². The predicted molar refractivity (Wildman–Crippen MR) is 268 cm³/mol. The molecule has 2 bridgehead atoms. The van der Waals surface area contributed by atoms with E-state index in [4.69, 9.17) is 4.99 Å². The average Bonchev–Trinajstić information content (AvgIpc) is 3.62. The Bertz CT molecular complexity index is 3150. The Morgan fingerprint density at radius 1 is 0.625 bits per heavy atom. The van der Waals surface area contributed by atoms with Crippen LogP contribution in [0.4, 0.5) is 11.4 Å². The van der Waals surface area contributed by atoms with Gasteiger partial charge in [-0.05, 0) is 133 Å². The fraction of sp³-hybridized carbons (Fsp3) is 0.150. The third-order valence-corrected chi connectivity index (χ3v) is 14.0. The van der Waals surface area contributed by atoms with Crippen molar-refractivity contribution in [3.63, 3.8) is 0 Å². The summed E-state index contributed by atoms with van der Waals surface area (Å²) in [7, 11) is 0. The first kappa shape index (κ1) is 38.3. The van der Waals surface area contributed by atoms with E-state index >= 15 is 0 Å². The largest absolute Gasteiger partial charge is 0.340 e. The third kappa shape index (κ3) is 6.73. The van der Waals surface area contributed by atoms with Gasteiger partial charge in [0.25, 0.3) is 0 Å². The number of rotatable bonds is 7. The minimum Gasteiger partial charge on any atom is -0.340 e. The molecule has 12 rings (SSSR count). The van der Waals surface area contributed by atoms with Crippen molar-refractivity contribution in [2.75, 3.05) is 4.90 Å². The molecule has 4 nitrogen and oxygen atoms in total. The molecule has 0 amide bonds. The maximum Gasteiger partial charge on any atom is 0.133 e. The second kappa shape index (κ2) is 16.0. The SMILES string of the molecule is CC1=C2CCC=CC1c1cc(C3=Cc4c(n(-c5ccc(-c6ccc(C7=NC(C8C=CC=CC8)C=C(c8ccccc8)N7)cc6)cc5)c5ccccc45)CC3)ccc1N2c1ccccc1. The monoisotopic (exact) mass is 826 g/mol. The van der Waals surface area contributed by atoms with Gasteiger partial charge in [-0.3, -0.25) is 4.99 Å². The van der Waals surface area contributed by atoms with Gasteiger partial charge in [-0.1, -0.05) is 146 Å². The highest BCUT2D eigenvalue weighted by atomic mass is 15.2. The zero-order valence-electron chi connectivity index (χ0n) is 36.2. The van der Waals surface area contributed by atoms with Gasteiger partial charge in [0.15, 0.2) is 0 Å². The lowest BCUT2D eigenvalue weighted by Gasteiger charge is -2.38. The van der Waals surface area contributed by atoms with E-state index in [-0.39, 0.29) is 6.04 Å². The standard InChI is InChI=1S/C60H50N4/c1-40-50-21-11-13-23-56(40)63(48-19-9-4-10-20-48)58-35-31-46(37-52(50)58)47-32-36-59-53(38-47)51-22-12-14-24-57(51)64(59)49-33-29-42(30-34-49)41-25-27-45(28-26-41)60-61-54(43-15-5-2-6-16-43)39-55(62-60)44-17-7-3-8-18-44/h2-12,14-17,19-22,24-31,33-35,37-39,44,50,55H,13,18,23,32,36H2,1H3,(H,61,62). The second-order valence-electron chi connectivity index (χ2n) is 17.8. The van der Waals surface area contributed by atoms with E-state index in [0.29, 0.717) is 11.8 Å². The maximum absolute atomic E-state index is 5.25. The van der Waals surface area contributed by atoms with Gasteiger partial charge >= 0.3 is 0 Å². The van der Waals surface area contributed by atoms with Crippen LogP contribution in [0.2, 0.25) is 0 Å². The van der Waals surface area contributed by atoms with E-state index in [1.807, 2.05) is 0 Å². The van der Waals surface area contributed by atoms with Gasteiger partial charge in [0.2, 0.25) is 0 Å². The summed E-state index contributed by atoms with van der Waals surface area (Å²) in [6.45, 7) is 2.35. The molecule has 64 heavy (non-hydrogen) atoms. The number of aliphatic imine (C=N–C) groups is 1. The van der Waals surface area contributed by atoms with Crippen molar-refractivity contribution in [3.8, 4) is 16.8 Å². The zero-order chi connectivity index (χ0) is 42.6. The highest BCUT2D eigenvalue weighted by Gasteiger charge is 2.32. The number of para-hydroxylation sites is 2. The van der Waals surface area contributed by atoms with Gasteiger partial charge in [0.05, 0.1) is 11.6 Å². The molecule has 0 saturated carbocycles. The number of hydrogen-bond acceptors (Lipinski definition) is 3. The van der Waals surface area contributed by atoms with Gasteiger partial charge in [-0.15, -0.1) is 0 Å². The molecule has 0 fully saturated rings. The van der Waals surface area contributed by atoms with Crippen molar-refractivity contribution >= 4 is 45.5 Å². The van der Waals surface area contributed by atoms with E-state index in [1.165, 1.54) is 83.9 Å². The summed E-state index contributed by atoms with van der Waals surface area (Å²) >= 11 is 0. The Morgan fingerprint density at radius 2 is 1.36 bits per heavy atom. The van der Waals surface area contributed by atoms with Crippen LogP contribution in [-0.4, -0.2) is 16.4 Å². The summed E-state index contributed by atoms with van der Waals surface area (Å²) < 4.78 is 2.50. The van der Waals surface area contributed by atoms with Crippen LogP contribution < -0.4 is 10.2 Å². The minimum absolute atomic E-state index is 0.0668. The summed E-state index contributed by atoms with van der Waals surface area (Å²) in [5, 5.41) is 4.98. The Balaban J connectivity index is 0.841. The number of nitrogens with zero attached hydrogens (tertiary/aromatic N) is 3. The lowest BCUT2D eigenvalue weighted by Crippen LogP contribution is -2.32. The minimum atomic E-state index is 0.0668. The molecular weight excluding hydrogens is 777 g/mol. The van der Waals surface area contributed by atoms with Crippen molar-refractivity contribution < 1.29 is 0 Å².